The molecule has 4 rings (SSSR count). The van der Waals surface area contributed by atoms with Gasteiger partial charge in [0.1, 0.15) is 0 Å². The lowest BCUT2D eigenvalue weighted by Gasteiger charge is -2.17. The summed E-state index contributed by atoms with van der Waals surface area (Å²) in [6.07, 6.45) is 1.77. The lowest BCUT2D eigenvalue weighted by molar-refractivity contribution is -0.121. The van der Waals surface area contributed by atoms with Crippen molar-refractivity contribution in [3.63, 3.8) is 0 Å². The molecule has 1 fully saturated rings. The zero-order valence-corrected chi connectivity index (χ0v) is 13.1. The Bertz CT molecular complexity index is 1020. The molecule has 2 heterocycles. The lowest BCUT2D eigenvalue weighted by atomic mass is 9.97. The van der Waals surface area contributed by atoms with E-state index in [9.17, 15) is 19.5 Å². The highest BCUT2D eigenvalue weighted by molar-refractivity contribution is 6.24. The van der Waals surface area contributed by atoms with Crippen LogP contribution >= 0.6 is 0 Å². The van der Waals surface area contributed by atoms with Crippen molar-refractivity contribution in [3.8, 4) is 0 Å². The van der Waals surface area contributed by atoms with Gasteiger partial charge in [0, 0.05) is 23.5 Å². The van der Waals surface area contributed by atoms with Gasteiger partial charge in [0.05, 0.1) is 17.2 Å². The Morgan fingerprint density at radius 1 is 1.08 bits per heavy atom. The molecule has 1 atom stereocenters. The maximum Gasteiger partial charge on any atom is 0.337 e. The van der Waals surface area contributed by atoms with Crippen LogP contribution < -0.4 is 4.90 Å². The number of aromatic nitrogens is 1. The number of nitrogens with zero attached hydrogens (tertiary/aromatic N) is 1. The largest absolute Gasteiger partial charge is 0.478 e. The number of imide groups is 1. The third-order valence-corrected chi connectivity index (χ3v) is 4.52. The molecule has 2 amide bonds. The average Bonchev–Trinajstić information content (AvgIpc) is 3.15. The predicted octanol–water partition coefficient (Wildman–Crippen LogP) is 2.91. The number of fused-ring (bicyclic) bond motifs is 1. The van der Waals surface area contributed by atoms with Crippen LogP contribution in [0.25, 0.3) is 10.9 Å². The van der Waals surface area contributed by atoms with Crippen molar-refractivity contribution >= 4 is 34.4 Å². The lowest BCUT2D eigenvalue weighted by Crippen LogP contribution is -2.31. The zero-order valence-electron chi connectivity index (χ0n) is 13.1. The molecule has 124 valence electrons. The second-order valence-corrected chi connectivity index (χ2v) is 5.94. The minimum atomic E-state index is -1.17. The molecule has 3 aromatic rings. The summed E-state index contributed by atoms with van der Waals surface area (Å²) in [6, 6.07) is 13.6. The standard InChI is InChI=1S/C19H14N2O4/c22-17-9-13(14-10-20-15-7-3-1-5-11(14)15)18(23)21(17)16-8-4-2-6-12(16)19(24)25/h1-8,10,13,20H,9H2,(H,24,25). The van der Waals surface area contributed by atoms with Gasteiger partial charge in [0.15, 0.2) is 0 Å². The minimum absolute atomic E-state index is 0.0225. The molecule has 1 unspecified atom stereocenters. The quantitative estimate of drug-likeness (QED) is 0.721. The number of carbonyl (C=O) groups is 3. The van der Waals surface area contributed by atoms with E-state index in [0.717, 1.165) is 21.4 Å². The van der Waals surface area contributed by atoms with E-state index in [0.29, 0.717) is 0 Å². The molecule has 0 bridgehead atoms. The van der Waals surface area contributed by atoms with Gasteiger partial charge in [-0.3, -0.25) is 9.59 Å². The highest BCUT2D eigenvalue weighted by atomic mass is 16.4. The van der Waals surface area contributed by atoms with Crippen molar-refractivity contribution < 1.29 is 19.5 Å². The van der Waals surface area contributed by atoms with Crippen LogP contribution in [0.4, 0.5) is 5.69 Å². The molecule has 0 radical (unpaired) electrons. The van der Waals surface area contributed by atoms with E-state index >= 15 is 0 Å². The summed E-state index contributed by atoms with van der Waals surface area (Å²) in [4.78, 5) is 41.0. The molecule has 0 aliphatic carbocycles. The number of aromatic amines is 1. The van der Waals surface area contributed by atoms with Crippen LogP contribution in [0.1, 0.15) is 28.3 Å². The topological polar surface area (TPSA) is 90.5 Å². The molecule has 1 aliphatic heterocycles. The number of carboxylic acids is 1. The summed E-state index contributed by atoms with van der Waals surface area (Å²) in [6.45, 7) is 0. The summed E-state index contributed by atoms with van der Waals surface area (Å²) in [5.74, 6) is -2.59. The third-order valence-electron chi connectivity index (χ3n) is 4.52. The van der Waals surface area contributed by atoms with E-state index in [4.69, 9.17) is 0 Å². The summed E-state index contributed by atoms with van der Waals surface area (Å²) in [5, 5.41) is 10.2. The van der Waals surface area contributed by atoms with Crippen molar-refractivity contribution in [1.29, 1.82) is 0 Å². The van der Waals surface area contributed by atoms with Crippen molar-refractivity contribution in [3.05, 3.63) is 65.9 Å². The average molecular weight is 334 g/mol. The van der Waals surface area contributed by atoms with Gasteiger partial charge in [0.2, 0.25) is 11.8 Å². The molecule has 6 heteroatoms. The number of carbonyl (C=O) groups excluding carboxylic acids is 2. The second-order valence-electron chi connectivity index (χ2n) is 5.94. The number of para-hydroxylation sites is 2. The van der Waals surface area contributed by atoms with Crippen LogP contribution in [0.3, 0.4) is 0 Å². The van der Waals surface area contributed by atoms with E-state index in [1.807, 2.05) is 24.3 Å². The summed E-state index contributed by atoms with van der Waals surface area (Å²) < 4.78 is 0. The first-order chi connectivity index (χ1) is 12.1. The fourth-order valence-corrected chi connectivity index (χ4v) is 3.36. The molecule has 0 spiro atoms. The fourth-order valence-electron chi connectivity index (χ4n) is 3.36. The SMILES string of the molecule is O=C(O)c1ccccc1N1C(=O)CC(c2c[nH]c3ccccc23)C1=O. The van der Waals surface area contributed by atoms with Gasteiger partial charge in [0.25, 0.3) is 0 Å². The molecule has 2 aromatic carbocycles. The number of H-pyrrole nitrogens is 1. The van der Waals surface area contributed by atoms with Gasteiger partial charge in [-0.1, -0.05) is 30.3 Å². The molecule has 1 aliphatic rings. The summed E-state index contributed by atoms with van der Waals surface area (Å²) in [5.41, 5.74) is 1.70. The molecule has 25 heavy (non-hydrogen) atoms. The fraction of sp³-hybridized carbons (Fsp3) is 0.105. The molecular formula is C19H14N2O4. The number of nitrogens with one attached hydrogen (secondary N) is 1. The summed E-state index contributed by atoms with van der Waals surface area (Å²) in [7, 11) is 0. The van der Waals surface area contributed by atoms with E-state index < -0.39 is 23.7 Å². The number of rotatable bonds is 3. The van der Waals surface area contributed by atoms with Gasteiger partial charge in [-0.2, -0.15) is 0 Å². The Kier molecular flexibility index (Phi) is 3.39. The number of amides is 2. The Hall–Kier alpha value is -3.41. The first kappa shape index (κ1) is 15.1. The van der Waals surface area contributed by atoms with Crippen LogP contribution in [0.5, 0.6) is 0 Å². The van der Waals surface area contributed by atoms with Gasteiger partial charge in [-0.15, -0.1) is 0 Å². The zero-order chi connectivity index (χ0) is 17.6. The van der Waals surface area contributed by atoms with E-state index in [2.05, 4.69) is 4.98 Å². The van der Waals surface area contributed by atoms with Gasteiger partial charge < -0.3 is 10.1 Å². The van der Waals surface area contributed by atoms with E-state index in [1.54, 1.807) is 18.3 Å². The number of aromatic carboxylic acids is 1. The number of hydrogen-bond donors (Lipinski definition) is 2. The molecule has 1 saturated heterocycles. The first-order valence-electron chi connectivity index (χ1n) is 7.83. The Morgan fingerprint density at radius 3 is 2.60 bits per heavy atom. The molecule has 1 aromatic heterocycles. The van der Waals surface area contributed by atoms with Crippen molar-refractivity contribution in [2.75, 3.05) is 4.90 Å². The normalized spacial score (nSPS) is 17.4. The highest BCUT2D eigenvalue weighted by Crippen LogP contribution is 2.37. The number of hydrogen-bond acceptors (Lipinski definition) is 3. The van der Waals surface area contributed by atoms with Gasteiger partial charge in [-0.25, -0.2) is 9.69 Å². The van der Waals surface area contributed by atoms with Crippen LogP contribution in [-0.2, 0) is 9.59 Å². The third kappa shape index (κ3) is 2.30. The van der Waals surface area contributed by atoms with E-state index in [1.165, 1.54) is 12.1 Å². The highest BCUT2D eigenvalue weighted by Gasteiger charge is 2.42. The maximum atomic E-state index is 12.9. The van der Waals surface area contributed by atoms with Gasteiger partial charge >= 0.3 is 5.97 Å². The second kappa shape index (κ2) is 5.59. The van der Waals surface area contributed by atoms with Crippen molar-refractivity contribution in [1.82, 2.24) is 4.98 Å². The van der Waals surface area contributed by atoms with Crippen molar-refractivity contribution in [2.45, 2.75) is 12.3 Å². The van der Waals surface area contributed by atoms with Gasteiger partial charge in [-0.05, 0) is 23.8 Å². The van der Waals surface area contributed by atoms with Crippen molar-refractivity contribution in [2.24, 2.45) is 0 Å². The molecule has 6 nitrogen and oxygen atoms in total. The van der Waals surface area contributed by atoms with Crippen LogP contribution in [-0.4, -0.2) is 27.9 Å². The summed E-state index contributed by atoms with van der Waals surface area (Å²) >= 11 is 0. The molecule has 2 N–H and O–H groups in total. The number of anilines is 1. The predicted molar refractivity (Wildman–Crippen MR) is 91.6 cm³/mol. The van der Waals surface area contributed by atoms with Crippen LogP contribution in [0.15, 0.2) is 54.7 Å². The first-order valence-corrected chi connectivity index (χ1v) is 7.83. The van der Waals surface area contributed by atoms with E-state index in [-0.39, 0.29) is 17.7 Å². The number of benzene rings is 2. The maximum absolute atomic E-state index is 12.9. The smallest absolute Gasteiger partial charge is 0.337 e. The monoisotopic (exact) mass is 334 g/mol. The Labute approximate surface area is 142 Å². The Balaban J connectivity index is 1.78. The minimum Gasteiger partial charge on any atom is -0.478 e. The Morgan fingerprint density at radius 2 is 1.80 bits per heavy atom. The van der Waals surface area contributed by atoms with Crippen LogP contribution in [0.2, 0.25) is 0 Å². The molecular weight excluding hydrogens is 320 g/mol. The van der Waals surface area contributed by atoms with Crippen LogP contribution in [0, 0.1) is 0 Å². The molecule has 0 saturated carbocycles. The number of carboxylic acid groups (broad SMARTS) is 1.